The van der Waals surface area contributed by atoms with E-state index >= 15 is 0 Å². The topological polar surface area (TPSA) is 126 Å². The van der Waals surface area contributed by atoms with E-state index in [1.807, 2.05) is 13.0 Å². The van der Waals surface area contributed by atoms with Crippen molar-refractivity contribution in [2.45, 2.75) is 17.9 Å². The summed E-state index contributed by atoms with van der Waals surface area (Å²) in [5.41, 5.74) is 2.23. The van der Waals surface area contributed by atoms with Gasteiger partial charge in [0, 0.05) is 12.4 Å². The molecule has 0 aliphatic carbocycles. The fraction of sp³-hybridized carbons (Fsp3) is 0.238. The zero-order valence-corrected chi connectivity index (χ0v) is 19.4. The minimum atomic E-state index is -3.98. The quantitative estimate of drug-likeness (QED) is 0.459. The molecule has 1 atom stereocenters. The maximum atomic E-state index is 12.9. The number of aliphatic hydroxyl groups excluding tert-OH is 1. The first-order chi connectivity index (χ1) is 15.0. The van der Waals surface area contributed by atoms with Gasteiger partial charge in [0.25, 0.3) is 5.91 Å². The predicted molar refractivity (Wildman–Crippen MR) is 121 cm³/mol. The van der Waals surface area contributed by atoms with Crippen molar-refractivity contribution in [3.05, 3.63) is 63.3 Å². The van der Waals surface area contributed by atoms with Crippen LogP contribution in [0.15, 0.2) is 41.3 Å². The summed E-state index contributed by atoms with van der Waals surface area (Å²) >= 11 is 12.5. The summed E-state index contributed by atoms with van der Waals surface area (Å²) in [5, 5.41) is 22.6. The Morgan fingerprint density at radius 2 is 1.75 bits per heavy atom. The normalized spacial score (nSPS) is 12.7. The van der Waals surface area contributed by atoms with Gasteiger partial charge in [0.15, 0.2) is 15.6 Å². The Hall–Kier alpha value is -2.59. The lowest BCUT2D eigenvalue weighted by Gasteiger charge is -2.17. The number of sulfone groups is 1. The summed E-state index contributed by atoms with van der Waals surface area (Å²) in [6, 6.07) is 7.91. The highest BCUT2D eigenvalue weighted by molar-refractivity contribution is 7.92. The van der Waals surface area contributed by atoms with Crippen LogP contribution < -0.4 is 5.32 Å². The number of hydrogen-bond acceptors (Lipinski definition) is 5. The van der Waals surface area contributed by atoms with Gasteiger partial charge >= 0.3 is 5.97 Å². The van der Waals surface area contributed by atoms with Gasteiger partial charge in [-0.1, -0.05) is 35.3 Å². The number of carboxylic acids is 1. The number of rotatable bonds is 7. The van der Waals surface area contributed by atoms with Crippen LogP contribution in [0.25, 0.3) is 10.9 Å². The van der Waals surface area contributed by atoms with E-state index in [-0.39, 0.29) is 4.90 Å². The van der Waals surface area contributed by atoms with Crippen LogP contribution in [0.1, 0.15) is 27.7 Å². The molecule has 0 saturated heterocycles. The Labute approximate surface area is 194 Å². The van der Waals surface area contributed by atoms with Crippen LogP contribution in [-0.2, 0) is 21.7 Å². The molecular formula is C21H20Cl2N2O6S. The molecule has 32 heavy (non-hydrogen) atoms. The van der Waals surface area contributed by atoms with Crippen molar-refractivity contribution in [3.63, 3.8) is 0 Å². The lowest BCUT2D eigenvalue weighted by atomic mass is 10.1. The van der Waals surface area contributed by atoms with Crippen LogP contribution in [0.3, 0.4) is 0 Å². The van der Waals surface area contributed by atoms with Crippen molar-refractivity contribution in [2.75, 3.05) is 12.4 Å². The van der Waals surface area contributed by atoms with E-state index in [9.17, 15) is 23.1 Å². The number of carboxylic acid groups (broad SMARTS) is 1. The lowest BCUT2D eigenvalue weighted by molar-refractivity contribution is -0.134. The van der Waals surface area contributed by atoms with Crippen molar-refractivity contribution >= 4 is 55.8 Å². The second-order valence-corrected chi connectivity index (χ2v) is 10.0. The molecule has 11 heteroatoms. The first-order valence-corrected chi connectivity index (χ1v) is 11.8. The van der Waals surface area contributed by atoms with Gasteiger partial charge in [-0.3, -0.25) is 9.59 Å². The van der Waals surface area contributed by atoms with Gasteiger partial charge in [-0.05, 0) is 42.3 Å². The third-order valence-corrected chi connectivity index (χ3v) is 7.68. The van der Waals surface area contributed by atoms with Crippen LogP contribution in [-0.4, -0.2) is 47.4 Å². The fourth-order valence-corrected chi connectivity index (χ4v) is 4.87. The molecule has 2 aromatic carbocycles. The summed E-state index contributed by atoms with van der Waals surface area (Å²) in [6.45, 7) is 1.37. The van der Waals surface area contributed by atoms with Crippen LogP contribution in [0.2, 0.25) is 10.0 Å². The fourth-order valence-electron chi connectivity index (χ4n) is 3.37. The van der Waals surface area contributed by atoms with Crippen LogP contribution >= 0.6 is 23.2 Å². The van der Waals surface area contributed by atoms with Crippen molar-refractivity contribution < 1.29 is 28.2 Å². The number of hydrogen-bond donors (Lipinski definition) is 3. The first kappa shape index (κ1) is 24.1. The second-order valence-electron chi connectivity index (χ2n) is 7.27. The Balaban J connectivity index is 1.88. The average molecular weight is 499 g/mol. The number of benzene rings is 2. The van der Waals surface area contributed by atoms with E-state index in [2.05, 4.69) is 5.32 Å². The number of nitrogens with one attached hydrogen (secondary N) is 1. The van der Waals surface area contributed by atoms with Crippen LogP contribution in [0, 0.1) is 6.92 Å². The molecule has 0 aliphatic heterocycles. The minimum absolute atomic E-state index is 0.165. The second kappa shape index (κ2) is 9.11. The number of halogens is 2. The molecule has 0 spiro atoms. The van der Waals surface area contributed by atoms with E-state index in [0.717, 1.165) is 11.1 Å². The molecule has 0 unspecified atom stereocenters. The van der Waals surface area contributed by atoms with Crippen molar-refractivity contribution in [1.29, 1.82) is 0 Å². The molecule has 1 heterocycles. The van der Waals surface area contributed by atoms with E-state index in [1.54, 1.807) is 17.7 Å². The van der Waals surface area contributed by atoms with E-state index in [4.69, 9.17) is 28.3 Å². The zero-order chi connectivity index (χ0) is 23.8. The summed E-state index contributed by atoms with van der Waals surface area (Å²) in [7, 11) is -2.28. The number of carbonyl (C=O) groups is 2. The molecule has 1 amide bonds. The molecule has 170 valence electrons. The van der Waals surface area contributed by atoms with Gasteiger partial charge in [-0.15, -0.1) is 0 Å². The molecular weight excluding hydrogens is 479 g/mol. The number of nitrogens with zero attached hydrogens (tertiary/aromatic N) is 1. The number of fused-ring (bicyclic) bond motifs is 1. The van der Waals surface area contributed by atoms with Gasteiger partial charge in [-0.25, -0.2) is 8.42 Å². The van der Waals surface area contributed by atoms with Crippen LogP contribution in [0.5, 0.6) is 0 Å². The van der Waals surface area contributed by atoms with Crippen molar-refractivity contribution in [3.8, 4) is 0 Å². The minimum Gasteiger partial charge on any atom is -0.480 e. The van der Waals surface area contributed by atoms with Crippen molar-refractivity contribution in [2.24, 2.45) is 7.05 Å². The molecule has 8 nitrogen and oxygen atoms in total. The Bertz CT molecular complexity index is 1320. The van der Waals surface area contributed by atoms with Gasteiger partial charge < -0.3 is 20.1 Å². The number of aryl methyl sites for hydroxylation is 2. The standard InChI is InChI=1S/C21H20Cl2N2O6S/c1-11-7-16-14(20(23)19(11)22)8-17(25(16)2)21(29)24-15(9-26)12-3-5-13(6-4-12)32(30,31)10-18(27)28/h3-8,15,26H,9-10H2,1-2H3,(H,24,29)(H,27,28)/t15-/m1/s1. The summed E-state index contributed by atoms with van der Waals surface area (Å²) in [6.07, 6.45) is 0. The molecule has 0 saturated carbocycles. The number of carbonyl (C=O) groups excluding carboxylic acids is 1. The molecule has 3 rings (SSSR count). The highest BCUT2D eigenvalue weighted by atomic mass is 35.5. The highest BCUT2D eigenvalue weighted by Gasteiger charge is 2.22. The van der Waals surface area contributed by atoms with E-state index < -0.39 is 40.1 Å². The highest BCUT2D eigenvalue weighted by Crippen LogP contribution is 2.35. The Morgan fingerprint density at radius 3 is 2.31 bits per heavy atom. The van der Waals surface area contributed by atoms with Gasteiger partial charge in [0.1, 0.15) is 5.69 Å². The molecule has 0 aliphatic rings. The average Bonchev–Trinajstić information content (AvgIpc) is 3.06. The monoisotopic (exact) mass is 498 g/mol. The van der Waals surface area contributed by atoms with E-state index in [0.29, 0.717) is 26.7 Å². The lowest BCUT2D eigenvalue weighted by Crippen LogP contribution is -2.32. The summed E-state index contributed by atoms with van der Waals surface area (Å²) < 4.78 is 25.7. The third kappa shape index (κ3) is 4.61. The molecule has 3 aromatic rings. The SMILES string of the molecule is Cc1cc2c(cc(C(=O)N[C@H](CO)c3ccc(S(=O)(=O)CC(=O)O)cc3)n2C)c(Cl)c1Cl. The molecule has 1 aromatic heterocycles. The predicted octanol–water partition coefficient (Wildman–Crippen LogP) is 3.12. The van der Waals surface area contributed by atoms with Crippen LogP contribution in [0.4, 0.5) is 0 Å². The maximum Gasteiger partial charge on any atom is 0.319 e. The Kier molecular flexibility index (Phi) is 6.85. The smallest absolute Gasteiger partial charge is 0.319 e. The van der Waals surface area contributed by atoms with Gasteiger partial charge in [-0.2, -0.15) is 0 Å². The zero-order valence-electron chi connectivity index (χ0n) is 17.1. The van der Waals surface area contributed by atoms with E-state index in [1.165, 1.54) is 24.3 Å². The Morgan fingerprint density at radius 1 is 1.12 bits per heavy atom. The largest absolute Gasteiger partial charge is 0.480 e. The number of aliphatic carboxylic acids is 1. The molecule has 0 fully saturated rings. The third-order valence-electron chi connectivity index (χ3n) is 5.08. The summed E-state index contributed by atoms with van der Waals surface area (Å²) in [4.78, 5) is 23.5. The van der Waals surface area contributed by atoms with Gasteiger partial charge in [0.2, 0.25) is 0 Å². The van der Waals surface area contributed by atoms with Gasteiger partial charge in [0.05, 0.1) is 33.1 Å². The maximum absolute atomic E-state index is 12.9. The number of aliphatic hydroxyl groups is 1. The van der Waals surface area contributed by atoms with Crippen molar-refractivity contribution in [1.82, 2.24) is 9.88 Å². The number of aromatic nitrogens is 1. The molecule has 0 radical (unpaired) electrons. The molecule has 0 bridgehead atoms. The first-order valence-electron chi connectivity index (χ1n) is 9.36. The summed E-state index contributed by atoms with van der Waals surface area (Å²) in [5.74, 6) is -2.96. The number of amides is 1. The molecule has 3 N–H and O–H groups in total.